The van der Waals surface area contributed by atoms with Gasteiger partial charge in [0.25, 0.3) is 0 Å². The van der Waals surface area contributed by atoms with E-state index in [0.717, 1.165) is 0 Å². The van der Waals surface area contributed by atoms with Crippen molar-refractivity contribution in [2.75, 3.05) is 18.4 Å². The average Bonchev–Trinajstić information content (AvgIpc) is 2.38. The van der Waals surface area contributed by atoms with Crippen LogP contribution in [0.5, 0.6) is 0 Å². The Kier molecular flexibility index (Phi) is 5.98. The first-order valence-corrected chi connectivity index (χ1v) is 7.32. The van der Waals surface area contributed by atoms with Crippen molar-refractivity contribution < 1.29 is 13.2 Å². The number of anilines is 1. The molecule has 0 aliphatic carbocycles. The molecule has 1 rings (SSSR count). The number of sulfonamides is 1. The molecule has 108 valence electrons. The summed E-state index contributed by atoms with van der Waals surface area (Å²) >= 11 is 0. The summed E-state index contributed by atoms with van der Waals surface area (Å²) in [5.74, 6) is -0.225. The fourth-order valence-electron chi connectivity index (χ4n) is 1.41. The topological polar surface area (TPSA) is 124 Å². The van der Waals surface area contributed by atoms with Gasteiger partial charge >= 0.3 is 0 Å². The number of rotatable bonds is 7. The Morgan fingerprint density at radius 2 is 2.00 bits per heavy atom. The first kappa shape index (κ1) is 16.0. The molecule has 0 saturated carbocycles. The lowest BCUT2D eigenvalue weighted by atomic mass is 10.3. The summed E-state index contributed by atoms with van der Waals surface area (Å²) in [6.07, 6.45) is 0.424. The summed E-state index contributed by atoms with van der Waals surface area (Å²) in [4.78, 5) is 13.5. The van der Waals surface area contributed by atoms with E-state index in [9.17, 15) is 13.2 Å². The largest absolute Gasteiger partial charge is 0.326 e. The maximum absolute atomic E-state index is 11.9. The maximum Gasteiger partial charge on any atom is 0.240 e. The van der Waals surface area contributed by atoms with Gasteiger partial charge in [0.1, 0.15) is 0 Å². The van der Waals surface area contributed by atoms with E-state index in [1.165, 1.54) is 31.2 Å². The van der Waals surface area contributed by atoms with Crippen LogP contribution in [-0.4, -0.2) is 27.4 Å². The van der Waals surface area contributed by atoms with Gasteiger partial charge in [-0.05, 0) is 36.2 Å². The lowest BCUT2D eigenvalue weighted by Gasteiger charge is -2.07. The lowest BCUT2D eigenvalue weighted by molar-refractivity contribution is -0.114. The van der Waals surface area contributed by atoms with Gasteiger partial charge in [0.2, 0.25) is 15.9 Å². The van der Waals surface area contributed by atoms with Crippen LogP contribution in [0.2, 0.25) is 0 Å². The molecule has 1 amide bonds. The molecule has 0 fully saturated rings. The highest BCUT2D eigenvalue weighted by Gasteiger charge is 2.12. The maximum atomic E-state index is 11.9. The highest BCUT2D eigenvalue weighted by molar-refractivity contribution is 7.89. The third-order valence-corrected chi connectivity index (χ3v) is 3.75. The predicted molar refractivity (Wildman–Crippen MR) is 74.6 cm³/mol. The highest BCUT2D eigenvalue weighted by atomic mass is 32.2. The normalized spacial score (nSPS) is 10.7. The number of carbonyl (C=O) groups is 1. The van der Waals surface area contributed by atoms with Gasteiger partial charge in [-0.3, -0.25) is 4.79 Å². The number of hydrogen-bond donors (Lipinski definition) is 2. The van der Waals surface area contributed by atoms with Crippen LogP contribution in [-0.2, 0) is 14.8 Å². The third kappa shape index (κ3) is 5.27. The quantitative estimate of drug-likeness (QED) is 0.344. The Morgan fingerprint density at radius 1 is 1.35 bits per heavy atom. The molecule has 0 aromatic heterocycles. The van der Waals surface area contributed by atoms with Crippen LogP contribution in [0.4, 0.5) is 5.69 Å². The fourth-order valence-corrected chi connectivity index (χ4v) is 2.48. The van der Waals surface area contributed by atoms with Crippen molar-refractivity contribution in [1.82, 2.24) is 4.72 Å². The van der Waals surface area contributed by atoms with Crippen molar-refractivity contribution in [1.29, 1.82) is 0 Å². The molecule has 8 nitrogen and oxygen atoms in total. The Labute approximate surface area is 116 Å². The Morgan fingerprint density at radius 3 is 2.55 bits per heavy atom. The molecule has 0 bridgehead atoms. The summed E-state index contributed by atoms with van der Waals surface area (Å²) in [5, 5.41) is 5.86. The first-order chi connectivity index (χ1) is 9.45. The van der Waals surface area contributed by atoms with Gasteiger partial charge in [-0.2, -0.15) is 0 Å². The molecule has 0 unspecified atom stereocenters. The molecule has 1 aromatic carbocycles. The Balaban J connectivity index is 2.63. The minimum atomic E-state index is -3.59. The summed E-state index contributed by atoms with van der Waals surface area (Å²) < 4.78 is 26.2. The molecule has 0 heterocycles. The van der Waals surface area contributed by atoms with E-state index in [0.29, 0.717) is 12.1 Å². The van der Waals surface area contributed by atoms with Crippen molar-refractivity contribution in [3.8, 4) is 0 Å². The number of amides is 1. The Hall–Kier alpha value is -2.09. The zero-order valence-corrected chi connectivity index (χ0v) is 11.7. The molecular formula is C11H15N5O3S. The molecular weight excluding hydrogens is 282 g/mol. The molecule has 0 radical (unpaired) electrons. The molecule has 2 N–H and O–H groups in total. The van der Waals surface area contributed by atoms with E-state index in [2.05, 4.69) is 20.1 Å². The fraction of sp³-hybridized carbons (Fsp3) is 0.364. The van der Waals surface area contributed by atoms with Gasteiger partial charge in [0, 0.05) is 30.6 Å². The van der Waals surface area contributed by atoms with Gasteiger partial charge < -0.3 is 5.32 Å². The summed E-state index contributed by atoms with van der Waals surface area (Å²) in [6.45, 7) is 1.80. The van der Waals surface area contributed by atoms with E-state index < -0.39 is 10.0 Å². The number of carbonyl (C=O) groups excluding carboxylic acids is 1. The second-order valence-corrected chi connectivity index (χ2v) is 5.68. The van der Waals surface area contributed by atoms with Gasteiger partial charge in [-0.25, -0.2) is 13.1 Å². The van der Waals surface area contributed by atoms with Crippen LogP contribution >= 0.6 is 0 Å². The number of azide groups is 1. The summed E-state index contributed by atoms with van der Waals surface area (Å²) in [7, 11) is -3.59. The van der Waals surface area contributed by atoms with Crippen LogP contribution in [0.3, 0.4) is 0 Å². The molecule has 9 heteroatoms. The number of nitrogens with one attached hydrogen (secondary N) is 2. The molecule has 0 atom stereocenters. The zero-order valence-electron chi connectivity index (χ0n) is 10.9. The second-order valence-electron chi connectivity index (χ2n) is 3.91. The van der Waals surface area contributed by atoms with Crippen molar-refractivity contribution in [3.05, 3.63) is 34.7 Å². The van der Waals surface area contributed by atoms with Crippen LogP contribution in [0.15, 0.2) is 34.3 Å². The van der Waals surface area contributed by atoms with Crippen LogP contribution < -0.4 is 10.0 Å². The number of hydrogen-bond acceptors (Lipinski definition) is 4. The first-order valence-electron chi connectivity index (χ1n) is 5.84. The standard InChI is InChI=1S/C11H15N5O3S/c1-9(17)15-10-3-5-11(6-4-10)20(18,19)14-8-2-7-13-16-12/h3-6,14H,2,7-8H2,1H3,(H,15,17). The SMILES string of the molecule is CC(=O)Nc1ccc(S(=O)(=O)NCCCN=[N+]=[N-])cc1. The van der Waals surface area contributed by atoms with Crippen molar-refractivity contribution in [2.24, 2.45) is 5.11 Å². The van der Waals surface area contributed by atoms with E-state index in [1.54, 1.807) is 0 Å². The molecule has 0 aliphatic heterocycles. The lowest BCUT2D eigenvalue weighted by Crippen LogP contribution is -2.25. The monoisotopic (exact) mass is 297 g/mol. The second kappa shape index (κ2) is 7.49. The summed E-state index contributed by atoms with van der Waals surface area (Å²) in [5.41, 5.74) is 8.61. The molecule has 1 aromatic rings. The summed E-state index contributed by atoms with van der Waals surface area (Å²) in [6, 6.07) is 5.83. The molecule has 0 saturated heterocycles. The van der Waals surface area contributed by atoms with Crippen LogP contribution in [0.1, 0.15) is 13.3 Å². The minimum absolute atomic E-state index is 0.107. The van der Waals surface area contributed by atoms with Gasteiger partial charge in [0.15, 0.2) is 0 Å². The van der Waals surface area contributed by atoms with Gasteiger partial charge in [0.05, 0.1) is 4.90 Å². The number of nitrogens with zero attached hydrogens (tertiary/aromatic N) is 3. The number of benzene rings is 1. The van der Waals surface area contributed by atoms with Crippen LogP contribution in [0.25, 0.3) is 10.4 Å². The van der Waals surface area contributed by atoms with E-state index in [-0.39, 0.29) is 23.9 Å². The van der Waals surface area contributed by atoms with Crippen molar-refractivity contribution in [3.63, 3.8) is 0 Å². The predicted octanol–water partition coefficient (Wildman–Crippen LogP) is 1.62. The van der Waals surface area contributed by atoms with E-state index >= 15 is 0 Å². The van der Waals surface area contributed by atoms with E-state index in [1.807, 2.05) is 0 Å². The average molecular weight is 297 g/mol. The zero-order chi connectivity index (χ0) is 15.0. The molecule has 0 aliphatic rings. The minimum Gasteiger partial charge on any atom is -0.326 e. The van der Waals surface area contributed by atoms with Gasteiger partial charge in [-0.1, -0.05) is 5.11 Å². The van der Waals surface area contributed by atoms with Crippen LogP contribution in [0, 0.1) is 0 Å². The van der Waals surface area contributed by atoms with Gasteiger partial charge in [-0.15, -0.1) is 0 Å². The Bertz CT molecular complexity index is 605. The molecule has 0 spiro atoms. The van der Waals surface area contributed by atoms with Crippen molar-refractivity contribution >= 4 is 21.6 Å². The highest BCUT2D eigenvalue weighted by Crippen LogP contribution is 2.13. The van der Waals surface area contributed by atoms with E-state index in [4.69, 9.17) is 5.53 Å². The smallest absolute Gasteiger partial charge is 0.240 e. The third-order valence-electron chi connectivity index (χ3n) is 2.28. The molecule has 20 heavy (non-hydrogen) atoms. The van der Waals surface area contributed by atoms with Crippen molar-refractivity contribution in [2.45, 2.75) is 18.2 Å².